The van der Waals surface area contributed by atoms with E-state index in [2.05, 4.69) is 0 Å². The van der Waals surface area contributed by atoms with Crippen LogP contribution < -0.4 is 5.73 Å². The number of nitrogens with two attached hydrogens (primary N) is 1. The second kappa shape index (κ2) is 5.68. The smallest absolute Gasteiger partial charge is 0.215 e. The molecule has 0 spiro atoms. The summed E-state index contributed by atoms with van der Waals surface area (Å²) < 4.78 is 0. The van der Waals surface area contributed by atoms with Crippen LogP contribution in [0.25, 0.3) is 0 Å². The number of nitrogens with zero attached hydrogens (tertiary/aromatic N) is 1. The Labute approximate surface area is 98.0 Å². The molecule has 0 aliphatic carbocycles. The average molecular weight is 225 g/mol. The largest absolute Gasteiger partial charge is 0.385 e. The molecule has 92 valence electrons. The molecular weight excluding hydrogens is 202 g/mol. The van der Waals surface area contributed by atoms with Crippen molar-refractivity contribution in [2.75, 3.05) is 0 Å². The van der Waals surface area contributed by atoms with Crippen LogP contribution in [0.1, 0.15) is 41.0 Å². The van der Waals surface area contributed by atoms with Crippen molar-refractivity contribution in [1.82, 2.24) is 4.90 Å². The Bertz CT molecular complexity index is 289. The Morgan fingerprint density at radius 1 is 1.50 bits per heavy atom. The molecule has 0 aliphatic heterocycles. The third-order valence-electron chi connectivity index (χ3n) is 2.69. The molecule has 0 saturated heterocycles. The van der Waals surface area contributed by atoms with Crippen molar-refractivity contribution < 1.29 is 4.79 Å². The summed E-state index contributed by atoms with van der Waals surface area (Å²) in [5, 5.41) is 7.41. The summed E-state index contributed by atoms with van der Waals surface area (Å²) in [5.74, 6) is 0.381. The van der Waals surface area contributed by atoms with Crippen molar-refractivity contribution >= 4 is 12.6 Å². The van der Waals surface area contributed by atoms with E-state index in [1.165, 1.54) is 11.1 Å². The third-order valence-corrected chi connectivity index (χ3v) is 2.69. The lowest BCUT2D eigenvalue weighted by atomic mass is 9.86. The fourth-order valence-electron chi connectivity index (χ4n) is 1.41. The fourth-order valence-corrected chi connectivity index (χ4v) is 1.41. The maximum atomic E-state index is 11.0. The molecule has 0 fully saturated rings. The van der Waals surface area contributed by atoms with Crippen LogP contribution in [0.4, 0.5) is 0 Å². The van der Waals surface area contributed by atoms with E-state index in [4.69, 9.17) is 11.1 Å². The maximum absolute atomic E-state index is 11.0. The lowest BCUT2D eigenvalue weighted by molar-refractivity contribution is -0.118. The molecule has 0 aromatic carbocycles. The Hall–Kier alpha value is -1.32. The summed E-state index contributed by atoms with van der Waals surface area (Å²) in [6.45, 7) is 9.85. The number of nitrogens with one attached hydrogen (secondary N) is 1. The van der Waals surface area contributed by atoms with Crippen molar-refractivity contribution in [1.29, 1.82) is 5.41 Å². The molecule has 0 aromatic heterocycles. The molecule has 0 rings (SSSR count). The Morgan fingerprint density at radius 3 is 2.25 bits per heavy atom. The topological polar surface area (TPSA) is 70.2 Å². The van der Waals surface area contributed by atoms with Crippen LogP contribution >= 0.6 is 0 Å². The van der Waals surface area contributed by atoms with Gasteiger partial charge in [0, 0.05) is 17.8 Å². The van der Waals surface area contributed by atoms with E-state index in [-0.39, 0.29) is 11.5 Å². The van der Waals surface area contributed by atoms with Gasteiger partial charge in [-0.05, 0) is 18.8 Å². The number of hydrogen-bond donors (Lipinski definition) is 2. The van der Waals surface area contributed by atoms with E-state index in [1.54, 1.807) is 0 Å². The number of allylic oxidation sites excluding steroid dienone is 1. The van der Waals surface area contributed by atoms with Crippen molar-refractivity contribution in [3.05, 3.63) is 11.4 Å². The van der Waals surface area contributed by atoms with E-state index >= 15 is 0 Å². The Morgan fingerprint density at radius 2 is 2.00 bits per heavy atom. The van der Waals surface area contributed by atoms with Crippen LogP contribution in [0.5, 0.6) is 0 Å². The first-order valence-corrected chi connectivity index (χ1v) is 5.53. The highest BCUT2D eigenvalue weighted by Crippen LogP contribution is 2.26. The fraction of sp³-hybridized carbons (Fsp3) is 0.667. The molecule has 0 aliphatic rings. The van der Waals surface area contributed by atoms with Crippen LogP contribution in [0, 0.1) is 10.8 Å². The van der Waals surface area contributed by atoms with Gasteiger partial charge in [0.15, 0.2) is 0 Å². The van der Waals surface area contributed by atoms with Crippen LogP contribution in [0.15, 0.2) is 11.4 Å². The van der Waals surface area contributed by atoms with Gasteiger partial charge in [0.2, 0.25) is 6.41 Å². The zero-order valence-electron chi connectivity index (χ0n) is 10.9. The molecule has 1 atom stereocenters. The van der Waals surface area contributed by atoms with Crippen molar-refractivity contribution in [2.24, 2.45) is 11.1 Å². The summed E-state index contributed by atoms with van der Waals surface area (Å²) in [4.78, 5) is 12.5. The molecular formula is C12H23N3O. The monoisotopic (exact) mass is 225 g/mol. The lowest BCUT2D eigenvalue weighted by Crippen LogP contribution is -2.37. The van der Waals surface area contributed by atoms with Gasteiger partial charge in [-0.2, -0.15) is 0 Å². The van der Waals surface area contributed by atoms with Gasteiger partial charge >= 0.3 is 0 Å². The quantitative estimate of drug-likeness (QED) is 0.555. The minimum atomic E-state index is -0.236. The number of carbonyl (C=O) groups is 1. The zero-order chi connectivity index (χ0) is 12.9. The van der Waals surface area contributed by atoms with Crippen LogP contribution in [0.3, 0.4) is 0 Å². The predicted molar refractivity (Wildman–Crippen MR) is 67.1 cm³/mol. The molecule has 0 radical (unpaired) electrons. The Kier molecular flexibility index (Phi) is 5.21. The SMILES string of the molecule is CC[C@H](C)N(C=O)/C(N)=C(/C=N)C(C)(C)C. The second-order valence-electron chi connectivity index (χ2n) is 4.96. The second-order valence-corrected chi connectivity index (χ2v) is 4.96. The molecule has 16 heavy (non-hydrogen) atoms. The highest BCUT2D eigenvalue weighted by atomic mass is 16.1. The third kappa shape index (κ3) is 3.36. The molecule has 0 saturated carbocycles. The van der Waals surface area contributed by atoms with Gasteiger partial charge in [-0.3, -0.25) is 9.69 Å². The van der Waals surface area contributed by atoms with Gasteiger partial charge in [0.05, 0.1) is 0 Å². The molecule has 4 nitrogen and oxygen atoms in total. The predicted octanol–water partition coefficient (Wildman–Crippen LogP) is 2.11. The van der Waals surface area contributed by atoms with Gasteiger partial charge in [-0.1, -0.05) is 27.7 Å². The minimum Gasteiger partial charge on any atom is -0.385 e. The molecule has 0 bridgehead atoms. The van der Waals surface area contributed by atoms with Crippen LogP contribution in [0.2, 0.25) is 0 Å². The maximum Gasteiger partial charge on any atom is 0.215 e. The summed E-state index contributed by atoms with van der Waals surface area (Å²) in [7, 11) is 0. The Balaban J connectivity index is 5.38. The summed E-state index contributed by atoms with van der Waals surface area (Å²) in [5.41, 5.74) is 6.41. The van der Waals surface area contributed by atoms with E-state index < -0.39 is 0 Å². The highest BCUT2D eigenvalue weighted by Gasteiger charge is 2.23. The van der Waals surface area contributed by atoms with Crippen molar-refractivity contribution in [2.45, 2.75) is 47.1 Å². The van der Waals surface area contributed by atoms with Gasteiger partial charge in [-0.15, -0.1) is 0 Å². The molecule has 4 heteroatoms. The zero-order valence-corrected chi connectivity index (χ0v) is 10.9. The molecule has 1 amide bonds. The molecule has 3 N–H and O–H groups in total. The van der Waals surface area contributed by atoms with Gasteiger partial charge in [0.25, 0.3) is 0 Å². The number of amides is 1. The summed E-state index contributed by atoms with van der Waals surface area (Å²) in [6.07, 6.45) is 2.79. The standard InChI is InChI=1S/C12H23N3O/c1-6-9(2)15(8-16)11(14)10(7-13)12(3,4)5/h7-9,13H,6,14H2,1-5H3/b11-10-,13-7?/t9-/m0/s1. The number of carbonyl (C=O) groups excluding carboxylic acids is 1. The van der Waals surface area contributed by atoms with E-state index in [0.29, 0.717) is 11.4 Å². The van der Waals surface area contributed by atoms with Gasteiger partial charge < -0.3 is 11.1 Å². The normalized spacial score (nSPS) is 15.1. The first-order chi connectivity index (χ1) is 7.29. The summed E-state index contributed by atoms with van der Waals surface area (Å²) >= 11 is 0. The van der Waals surface area contributed by atoms with E-state index in [0.717, 1.165) is 12.8 Å². The summed E-state index contributed by atoms with van der Waals surface area (Å²) in [6, 6.07) is 0.0507. The number of hydrogen-bond acceptors (Lipinski definition) is 3. The van der Waals surface area contributed by atoms with E-state index in [9.17, 15) is 4.79 Å². The van der Waals surface area contributed by atoms with E-state index in [1.807, 2.05) is 34.6 Å². The lowest BCUT2D eigenvalue weighted by Gasteiger charge is -2.29. The molecule has 0 unspecified atom stereocenters. The van der Waals surface area contributed by atoms with Gasteiger partial charge in [0.1, 0.15) is 5.82 Å². The first-order valence-electron chi connectivity index (χ1n) is 5.53. The number of rotatable bonds is 5. The molecule has 0 aromatic rings. The average Bonchev–Trinajstić information content (AvgIpc) is 2.17. The van der Waals surface area contributed by atoms with Crippen molar-refractivity contribution in [3.63, 3.8) is 0 Å². The van der Waals surface area contributed by atoms with Crippen LogP contribution in [-0.4, -0.2) is 23.6 Å². The van der Waals surface area contributed by atoms with Crippen molar-refractivity contribution in [3.8, 4) is 0 Å². The molecule has 0 heterocycles. The minimum absolute atomic E-state index is 0.0507. The van der Waals surface area contributed by atoms with Crippen LogP contribution in [-0.2, 0) is 4.79 Å². The first kappa shape index (κ1) is 14.7. The highest BCUT2D eigenvalue weighted by molar-refractivity contribution is 5.79. The van der Waals surface area contributed by atoms with Gasteiger partial charge in [-0.25, -0.2) is 0 Å².